The maximum Gasteiger partial charge on any atom is 0.387 e. The minimum Gasteiger partial charge on any atom is -0.434 e. The number of ether oxygens (including phenoxy) is 1. The van der Waals surface area contributed by atoms with Crippen molar-refractivity contribution < 1.29 is 23.0 Å². The fraction of sp³-hybridized carbons (Fsp3) is 0.350. The molecule has 0 saturated heterocycles. The number of guanidine groups is 1. The molecule has 5 nitrogen and oxygen atoms in total. The zero-order valence-electron chi connectivity index (χ0n) is 16.2. The number of nitrogens with one attached hydrogen (secondary N) is 2. The normalized spacial score (nSPS) is 11.2. The summed E-state index contributed by atoms with van der Waals surface area (Å²) in [6, 6.07) is 9.42. The molecule has 160 valence electrons. The summed E-state index contributed by atoms with van der Waals surface area (Å²) in [5.74, 6) is 0.114. The molecule has 0 aliphatic carbocycles. The average Bonchev–Trinajstić information content (AvgIpc) is 2.66. The zero-order valence-corrected chi connectivity index (χ0v) is 18.5. The van der Waals surface area contributed by atoms with E-state index in [-0.39, 0.29) is 55.0 Å². The minimum absolute atomic E-state index is 0. The number of aliphatic hydroxyl groups is 1. The summed E-state index contributed by atoms with van der Waals surface area (Å²) in [6.07, 6.45) is 0. The van der Waals surface area contributed by atoms with Crippen molar-refractivity contribution in [1.29, 1.82) is 0 Å². The van der Waals surface area contributed by atoms with E-state index in [1.807, 2.05) is 13.8 Å². The van der Waals surface area contributed by atoms with Gasteiger partial charge in [0, 0.05) is 24.2 Å². The third kappa shape index (κ3) is 8.09. The summed E-state index contributed by atoms with van der Waals surface area (Å²) in [4.78, 5) is 4.42. The van der Waals surface area contributed by atoms with E-state index in [2.05, 4.69) is 20.4 Å². The number of halogens is 4. The molecule has 2 rings (SSSR count). The molecule has 0 spiro atoms. The second-order valence-electron chi connectivity index (χ2n) is 6.12. The molecule has 0 radical (unpaired) electrons. The van der Waals surface area contributed by atoms with E-state index in [1.165, 1.54) is 12.1 Å². The third-order valence-electron chi connectivity index (χ3n) is 3.92. The standard InChI is InChI=1S/C20H24F3N3O2.HI/c1-3-24-20(25-10-14-5-6-17(21)16(9-14)12-27)26-11-15-8-13(2)4-7-18(15)28-19(22)23;/h4-9,19,27H,3,10-12H2,1-2H3,(H2,24,25,26);1H. The molecule has 0 bridgehead atoms. The maximum atomic E-state index is 13.5. The van der Waals surface area contributed by atoms with Crippen LogP contribution >= 0.6 is 24.0 Å². The van der Waals surface area contributed by atoms with Gasteiger partial charge in [-0.15, -0.1) is 24.0 Å². The number of aryl methyl sites for hydroxylation is 1. The van der Waals surface area contributed by atoms with Crippen molar-refractivity contribution in [1.82, 2.24) is 10.6 Å². The van der Waals surface area contributed by atoms with Crippen molar-refractivity contribution in [3.05, 3.63) is 64.5 Å². The summed E-state index contributed by atoms with van der Waals surface area (Å²) in [7, 11) is 0. The second kappa shape index (κ2) is 12.5. The van der Waals surface area contributed by atoms with Crippen LogP contribution in [0.1, 0.15) is 29.2 Å². The molecule has 0 aromatic heterocycles. The lowest BCUT2D eigenvalue weighted by Crippen LogP contribution is -2.36. The highest BCUT2D eigenvalue weighted by atomic mass is 127. The van der Waals surface area contributed by atoms with Gasteiger partial charge in [0.05, 0.1) is 13.2 Å². The lowest BCUT2D eigenvalue weighted by molar-refractivity contribution is -0.0504. The van der Waals surface area contributed by atoms with Gasteiger partial charge >= 0.3 is 6.61 Å². The van der Waals surface area contributed by atoms with Crippen molar-refractivity contribution >= 4 is 29.9 Å². The largest absolute Gasteiger partial charge is 0.434 e. The number of alkyl halides is 2. The lowest BCUT2D eigenvalue weighted by atomic mass is 10.1. The Labute approximate surface area is 185 Å². The number of hydrogen-bond donors (Lipinski definition) is 3. The number of hydrogen-bond acceptors (Lipinski definition) is 3. The van der Waals surface area contributed by atoms with E-state index in [0.29, 0.717) is 18.1 Å². The molecule has 0 atom stereocenters. The number of benzene rings is 2. The Balaban J connectivity index is 0.00000420. The molecule has 2 aromatic carbocycles. The summed E-state index contributed by atoms with van der Waals surface area (Å²) >= 11 is 0. The van der Waals surface area contributed by atoms with E-state index in [0.717, 1.165) is 11.1 Å². The summed E-state index contributed by atoms with van der Waals surface area (Å²) < 4.78 is 43.2. The van der Waals surface area contributed by atoms with Gasteiger partial charge in [-0.1, -0.05) is 23.8 Å². The van der Waals surface area contributed by atoms with E-state index < -0.39 is 12.4 Å². The number of aliphatic hydroxyl groups excluding tert-OH is 1. The van der Waals surface area contributed by atoms with Gasteiger partial charge in [0.15, 0.2) is 5.96 Å². The Morgan fingerprint density at radius 2 is 1.90 bits per heavy atom. The molecule has 0 fully saturated rings. The molecule has 0 saturated carbocycles. The van der Waals surface area contributed by atoms with Crippen LogP contribution in [0.25, 0.3) is 0 Å². The van der Waals surface area contributed by atoms with Crippen molar-refractivity contribution in [2.45, 2.75) is 40.2 Å². The van der Waals surface area contributed by atoms with E-state index in [1.54, 1.807) is 24.3 Å². The first kappa shape index (κ1) is 25.0. The fourth-order valence-electron chi connectivity index (χ4n) is 2.60. The predicted molar refractivity (Wildman–Crippen MR) is 117 cm³/mol. The second-order valence-corrected chi connectivity index (χ2v) is 6.12. The van der Waals surface area contributed by atoms with Crippen LogP contribution in [0.3, 0.4) is 0 Å². The van der Waals surface area contributed by atoms with Crippen LogP contribution in [0.5, 0.6) is 5.75 Å². The molecule has 0 amide bonds. The maximum absolute atomic E-state index is 13.5. The fourth-order valence-corrected chi connectivity index (χ4v) is 2.60. The number of aliphatic imine (C=N–C) groups is 1. The smallest absolute Gasteiger partial charge is 0.387 e. The molecule has 3 N–H and O–H groups in total. The Morgan fingerprint density at radius 1 is 1.14 bits per heavy atom. The van der Waals surface area contributed by atoms with Crippen molar-refractivity contribution in [2.24, 2.45) is 4.99 Å². The minimum atomic E-state index is -2.90. The Kier molecular flexibility index (Phi) is 10.8. The predicted octanol–water partition coefficient (Wildman–Crippen LogP) is 4.10. The van der Waals surface area contributed by atoms with E-state index in [9.17, 15) is 13.2 Å². The van der Waals surface area contributed by atoms with Crippen LogP contribution in [0.2, 0.25) is 0 Å². The first-order chi connectivity index (χ1) is 13.4. The van der Waals surface area contributed by atoms with Crippen molar-refractivity contribution in [3.63, 3.8) is 0 Å². The molecule has 2 aromatic rings. The van der Waals surface area contributed by atoms with Crippen molar-refractivity contribution in [2.75, 3.05) is 6.54 Å². The van der Waals surface area contributed by atoms with Gasteiger partial charge in [0.25, 0.3) is 0 Å². The quantitative estimate of drug-likeness (QED) is 0.277. The van der Waals surface area contributed by atoms with Crippen LogP contribution in [0.15, 0.2) is 41.4 Å². The van der Waals surface area contributed by atoms with E-state index >= 15 is 0 Å². The molecule has 0 unspecified atom stereocenters. The highest BCUT2D eigenvalue weighted by Gasteiger charge is 2.10. The van der Waals surface area contributed by atoms with Gasteiger partial charge in [-0.3, -0.25) is 0 Å². The first-order valence-corrected chi connectivity index (χ1v) is 8.87. The van der Waals surface area contributed by atoms with Crippen LogP contribution in [0.4, 0.5) is 13.2 Å². The summed E-state index contributed by atoms with van der Waals surface area (Å²) in [6.45, 7) is 1.58. The topological polar surface area (TPSA) is 65.9 Å². The summed E-state index contributed by atoms with van der Waals surface area (Å²) in [5.41, 5.74) is 2.44. The van der Waals surface area contributed by atoms with E-state index in [4.69, 9.17) is 5.11 Å². The molecule has 0 aliphatic heterocycles. The SMILES string of the molecule is CCNC(=NCc1ccc(F)c(CO)c1)NCc1cc(C)ccc1OC(F)F.I. The third-order valence-corrected chi connectivity index (χ3v) is 3.92. The zero-order chi connectivity index (χ0) is 20.5. The Bertz CT molecular complexity index is 820. The van der Waals surface area contributed by atoms with Gasteiger partial charge in [0.1, 0.15) is 11.6 Å². The van der Waals surface area contributed by atoms with Crippen molar-refractivity contribution in [3.8, 4) is 5.75 Å². The summed E-state index contributed by atoms with van der Waals surface area (Å²) in [5, 5.41) is 15.3. The number of rotatable bonds is 8. The molecule has 29 heavy (non-hydrogen) atoms. The lowest BCUT2D eigenvalue weighted by Gasteiger charge is -2.15. The van der Waals surface area contributed by atoms with Gasteiger partial charge in [-0.25, -0.2) is 9.38 Å². The molecular weight excluding hydrogens is 498 g/mol. The molecule has 9 heteroatoms. The average molecular weight is 523 g/mol. The molecular formula is C20H25F3IN3O2. The van der Waals surface area contributed by atoms with Gasteiger partial charge in [-0.05, 0) is 37.6 Å². The van der Waals surface area contributed by atoms with Gasteiger partial charge in [0.2, 0.25) is 0 Å². The Hall–Kier alpha value is -2.01. The molecule has 0 heterocycles. The Morgan fingerprint density at radius 3 is 2.55 bits per heavy atom. The van der Waals surface area contributed by atoms with Crippen LogP contribution in [0, 0.1) is 12.7 Å². The van der Waals surface area contributed by atoms with Crippen LogP contribution < -0.4 is 15.4 Å². The highest BCUT2D eigenvalue weighted by Crippen LogP contribution is 2.22. The highest BCUT2D eigenvalue weighted by molar-refractivity contribution is 14.0. The molecule has 0 aliphatic rings. The first-order valence-electron chi connectivity index (χ1n) is 8.87. The monoisotopic (exact) mass is 523 g/mol. The van der Waals surface area contributed by atoms with Gasteiger partial charge < -0.3 is 20.5 Å². The van der Waals surface area contributed by atoms with Crippen LogP contribution in [-0.4, -0.2) is 24.2 Å². The van der Waals surface area contributed by atoms with Gasteiger partial charge in [-0.2, -0.15) is 8.78 Å². The number of nitrogens with zero attached hydrogens (tertiary/aromatic N) is 1. The van der Waals surface area contributed by atoms with Crippen LogP contribution in [-0.2, 0) is 19.7 Å².